The third-order valence-electron chi connectivity index (χ3n) is 5.46. The maximum absolute atomic E-state index is 11.0. The number of para-hydroxylation sites is 2. The molecule has 5 nitrogen and oxygen atoms in total. The number of carbonyl (C=O) groups is 1. The SMILES string of the molecule is CC(Cc1ccc(OCC2CN(Cc3ccccc3)c3ccccc3O2)cc1)C(=O)O. The third kappa shape index (κ3) is 5.37. The molecule has 0 aliphatic carbocycles. The minimum absolute atomic E-state index is 0.0923. The minimum atomic E-state index is -0.782. The number of fused-ring (bicyclic) bond motifs is 1. The zero-order chi connectivity index (χ0) is 21.6. The van der Waals surface area contributed by atoms with Crippen molar-refractivity contribution in [2.24, 2.45) is 5.92 Å². The molecule has 1 N–H and O–H groups in total. The number of benzene rings is 3. The number of carboxylic acids is 1. The van der Waals surface area contributed by atoms with E-state index in [4.69, 9.17) is 14.6 Å². The summed E-state index contributed by atoms with van der Waals surface area (Å²) in [4.78, 5) is 13.4. The van der Waals surface area contributed by atoms with Crippen molar-refractivity contribution < 1.29 is 19.4 Å². The number of hydrogen-bond acceptors (Lipinski definition) is 4. The van der Waals surface area contributed by atoms with Crippen LogP contribution >= 0.6 is 0 Å². The van der Waals surface area contributed by atoms with E-state index in [-0.39, 0.29) is 6.10 Å². The van der Waals surface area contributed by atoms with Crippen LogP contribution in [-0.4, -0.2) is 30.3 Å². The first-order valence-electron chi connectivity index (χ1n) is 10.6. The molecule has 31 heavy (non-hydrogen) atoms. The highest BCUT2D eigenvalue weighted by Gasteiger charge is 2.26. The molecule has 0 aromatic heterocycles. The molecule has 3 aromatic rings. The summed E-state index contributed by atoms with van der Waals surface area (Å²) < 4.78 is 12.2. The smallest absolute Gasteiger partial charge is 0.306 e. The Kier molecular flexibility index (Phi) is 6.41. The van der Waals surface area contributed by atoms with E-state index in [9.17, 15) is 4.79 Å². The molecule has 2 unspecified atom stereocenters. The lowest BCUT2D eigenvalue weighted by Gasteiger charge is -2.36. The lowest BCUT2D eigenvalue weighted by Crippen LogP contribution is -2.42. The first kappa shape index (κ1) is 20.8. The van der Waals surface area contributed by atoms with Gasteiger partial charge in [-0.3, -0.25) is 4.79 Å². The van der Waals surface area contributed by atoms with Crippen LogP contribution in [0, 0.1) is 5.92 Å². The molecule has 2 atom stereocenters. The van der Waals surface area contributed by atoms with Gasteiger partial charge in [0.05, 0.1) is 18.2 Å². The summed E-state index contributed by atoms with van der Waals surface area (Å²) in [6.07, 6.45) is 0.414. The Balaban J connectivity index is 1.39. The van der Waals surface area contributed by atoms with Crippen LogP contribution in [0.3, 0.4) is 0 Å². The van der Waals surface area contributed by atoms with Crippen molar-refractivity contribution >= 4 is 11.7 Å². The number of anilines is 1. The zero-order valence-corrected chi connectivity index (χ0v) is 17.6. The largest absolute Gasteiger partial charge is 0.490 e. The van der Waals surface area contributed by atoms with Gasteiger partial charge in [0.1, 0.15) is 18.1 Å². The second-order valence-electron chi connectivity index (χ2n) is 7.97. The number of aliphatic carboxylic acids is 1. The van der Waals surface area contributed by atoms with Crippen molar-refractivity contribution in [3.63, 3.8) is 0 Å². The Morgan fingerprint density at radius 1 is 1.03 bits per heavy atom. The summed E-state index contributed by atoms with van der Waals surface area (Å²) in [5.41, 5.74) is 3.34. The molecule has 0 spiro atoms. The molecule has 1 aliphatic heterocycles. The first-order chi connectivity index (χ1) is 15.1. The molecule has 1 aliphatic rings. The van der Waals surface area contributed by atoms with E-state index in [1.165, 1.54) is 5.56 Å². The summed E-state index contributed by atoms with van der Waals surface area (Å²) in [5.74, 6) is 0.438. The molecule has 3 aromatic carbocycles. The standard InChI is InChI=1S/C26H27NO4/c1-19(26(28)29)15-20-11-13-22(14-12-20)30-18-23-17-27(16-21-7-3-2-4-8-21)24-9-5-6-10-25(24)31-23/h2-14,19,23H,15-18H2,1H3,(H,28,29). The van der Waals surface area contributed by atoms with E-state index in [2.05, 4.69) is 35.2 Å². The van der Waals surface area contributed by atoms with Crippen molar-refractivity contribution in [1.29, 1.82) is 0 Å². The predicted octanol–water partition coefficient (Wildman–Crippen LogP) is 4.80. The van der Waals surface area contributed by atoms with Gasteiger partial charge in [-0.2, -0.15) is 0 Å². The Bertz CT molecular complexity index is 1000. The molecule has 5 heteroatoms. The van der Waals surface area contributed by atoms with Gasteiger partial charge in [-0.15, -0.1) is 0 Å². The maximum Gasteiger partial charge on any atom is 0.306 e. The highest BCUT2D eigenvalue weighted by molar-refractivity contribution is 5.69. The van der Waals surface area contributed by atoms with E-state index in [0.29, 0.717) is 13.0 Å². The Morgan fingerprint density at radius 2 is 1.74 bits per heavy atom. The van der Waals surface area contributed by atoms with E-state index in [1.54, 1.807) is 6.92 Å². The third-order valence-corrected chi connectivity index (χ3v) is 5.46. The average molecular weight is 418 g/mol. The van der Waals surface area contributed by atoms with Crippen LogP contribution in [0.15, 0.2) is 78.9 Å². The molecule has 0 saturated carbocycles. The number of ether oxygens (including phenoxy) is 2. The molecular weight excluding hydrogens is 390 g/mol. The van der Waals surface area contributed by atoms with Crippen molar-refractivity contribution in [3.05, 3.63) is 90.0 Å². The van der Waals surface area contributed by atoms with Crippen LogP contribution < -0.4 is 14.4 Å². The summed E-state index contributed by atoms with van der Waals surface area (Å²) in [6, 6.07) is 26.2. The summed E-state index contributed by atoms with van der Waals surface area (Å²) in [6.45, 7) is 3.70. The topological polar surface area (TPSA) is 59.0 Å². The molecule has 0 saturated heterocycles. The average Bonchev–Trinajstić information content (AvgIpc) is 2.79. The van der Waals surface area contributed by atoms with Crippen molar-refractivity contribution in [3.8, 4) is 11.5 Å². The van der Waals surface area contributed by atoms with Gasteiger partial charge in [-0.1, -0.05) is 61.5 Å². The summed E-state index contributed by atoms with van der Waals surface area (Å²) in [7, 11) is 0. The molecule has 160 valence electrons. The van der Waals surface area contributed by atoms with Gasteiger partial charge in [0, 0.05) is 6.54 Å². The van der Waals surface area contributed by atoms with Crippen LogP contribution in [-0.2, 0) is 17.8 Å². The second-order valence-corrected chi connectivity index (χ2v) is 7.97. The second kappa shape index (κ2) is 9.56. The highest BCUT2D eigenvalue weighted by Crippen LogP contribution is 2.34. The van der Waals surface area contributed by atoms with Gasteiger partial charge >= 0.3 is 5.97 Å². The zero-order valence-electron chi connectivity index (χ0n) is 17.6. The normalized spacial score (nSPS) is 16.2. The number of carboxylic acid groups (broad SMARTS) is 1. The summed E-state index contributed by atoms with van der Waals surface area (Å²) in [5, 5.41) is 9.07. The Morgan fingerprint density at radius 3 is 2.48 bits per heavy atom. The quantitative estimate of drug-likeness (QED) is 0.571. The number of rotatable bonds is 8. The predicted molar refractivity (Wildman–Crippen MR) is 121 cm³/mol. The van der Waals surface area contributed by atoms with Crippen LogP contribution in [0.2, 0.25) is 0 Å². The van der Waals surface area contributed by atoms with Crippen LogP contribution in [0.4, 0.5) is 5.69 Å². The molecule has 0 radical (unpaired) electrons. The fraction of sp³-hybridized carbons (Fsp3) is 0.269. The van der Waals surface area contributed by atoms with E-state index in [1.807, 2.05) is 48.5 Å². The molecule has 0 amide bonds. The molecule has 1 heterocycles. The first-order valence-corrected chi connectivity index (χ1v) is 10.6. The fourth-order valence-electron chi connectivity index (χ4n) is 3.77. The summed E-state index contributed by atoms with van der Waals surface area (Å²) >= 11 is 0. The van der Waals surface area contributed by atoms with Crippen LogP contribution in [0.1, 0.15) is 18.1 Å². The minimum Gasteiger partial charge on any atom is -0.490 e. The monoisotopic (exact) mass is 417 g/mol. The van der Waals surface area contributed by atoms with Gasteiger partial charge in [0.2, 0.25) is 0 Å². The van der Waals surface area contributed by atoms with Crippen LogP contribution in [0.25, 0.3) is 0 Å². The van der Waals surface area contributed by atoms with Gasteiger partial charge in [-0.25, -0.2) is 0 Å². The van der Waals surface area contributed by atoms with Crippen molar-refractivity contribution in [2.75, 3.05) is 18.1 Å². The van der Waals surface area contributed by atoms with Crippen molar-refractivity contribution in [1.82, 2.24) is 0 Å². The molecule has 4 rings (SSSR count). The lowest BCUT2D eigenvalue weighted by atomic mass is 10.0. The lowest BCUT2D eigenvalue weighted by molar-refractivity contribution is -0.141. The van der Waals surface area contributed by atoms with Gasteiger partial charge < -0.3 is 19.5 Å². The molecule has 0 bridgehead atoms. The van der Waals surface area contributed by atoms with Gasteiger partial charge in [0.15, 0.2) is 6.10 Å². The highest BCUT2D eigenvalue weighted by atomic mass is 16.5. The van der Waals surface area contributed by atoms with E-state index >= 15 is 0 Å². The van der Waals surface area contributed by atoms with Gasteiger partial charge in [-0.05, 0) is 41.8 Å². The van der Waals surface area contributed by atoms with Gasteiger partial charge in [0.25, 0.3) is 0 Å². The maximum atomic E-state index is 11.0. The number of hydrogen-bond donors (Lipinski definition) is 1. The number of nitrogens with zero attached hydrogens (tertiary/aromatic N) is 1. The molecular formula is C26H27NO4. The molecule has 0 fully saturated rings. The van der Waals surface area contributed by atoms with E-state index in [0.717, 1.165) is 35.8 Å². The Labute approximate surface area is 182 Å². The Hall–Kier alpha value is -3.47. The fourth-order valence-corrected chi connectivity index (χ4v) is 3.77. The van der Waals surface area contributed by atoms with Crippen LogP contribution in [0.5, 0.6) is 11.5 Å². The van der Waals surface area contributed by atoms with Crippen molar-refractivity contribution in [2.45, 2.75) is 26.0 Å². The van der Waals surface area contributed by atoms with E-state index < -0.39 is 11.9 Å².